The molecule has 8 heteroatoms. The largest absolute Gasteiger partial charge is 0.343 e. The Kier molecular flexibility index (Phi) is 3.90. The topological polar surface area (TPSA) is 91.8 Å². The summed E-state index contributed by atoms with van der Waals surface area (Å²) in [6.07, 6.45) is 1.90. The van der Waals surface area contributed by atoms with Crippen molar-refractivity contribution in [3.8, 4) is 0 Å². The van der Waals surface area contributed by atoms with Crippen LogP contribution in [0.25, 0.3) is 0 Å². The van der Waals surface area contributed by atoms with Crippen molar-refractivity contribution in [1.29, 1.82) is 0 Å². The molecular formula is C14H16FN5O2. The maximum Gasteiger partial charge on any atom is 0.343 e. The van der Waals surface area contributed by atoms with Gasteiger partial charge in [-0.1, -0.05) is 12.1 Å². The van der Waals surface area contributed by atoms with Gasteiger partial charge in [-0.2, -0.15) is 5.10 Å². The van der Waals surface area contributed by atoms with Crippen LogP contribution in [-0.2, 0) is 13.0 Å². The van der Waals surface area contributed by atoms with Crippen molar-refractivity contribution in [1.82, 2.24) is 20.1 Å². The lowest BCUT2D eigenvalue weighted by atomic mass is 10.1. The van der Waals surface area contributed by atoms with Crippen molar-refractivity contribution < 1.29 is 9.18 Å². The average molecular weight is 305 g/mol. The number of nitrogens with zero attached hydrogens (tertiary/aromatic N) is 2. The zero-order chi connectivity index (χ0) is 15.5. The number of benzene rings is 1. The van der Waals surface area contributed by atoms with E-state index in [0.29, 0.717) is 31.6 Å². The smallest absolute Gasteiger partial charge is 0.335 e. The van der Waals surface area contributed by atoms with E-state index in [2.05, 4.69) is 20.8 Å². The predicted octanol–water partition coefficient (Wildman–Crippen LogP) is 1.24. The Morgan fingerprint density at radius 1 is 1.36 bits per heavy atom. The first-order chi connectivity index (χ1) is 10.6. The molecule has 7 nitrogen and oxygen atoms in total. The number of urea groups is 1. The molecule has 0 saturated heterocycles. The maximum atomic E-state index is 13.5. The molecule has 0 spiro atoms. The van der Waals surface area contributed by atoms with Gasteiger partial charge in [0.05, 0.1) is 5.69 Å². The zero-order valence-electron chi connectivity index (χ0n) is 11.8. The molecule has 1 aromatic heterocycles. The number of aromatic amines is 1. The zero-order valence-corrected chi connectivity index (χ0v) is 11.8. The van der Waals surface area contributed by atoms with Crippen molar-refractivity contribution in [2.45, 2.75) is 31.8 Å². The third-order valence-electron chi connectivity index (χ3n) is 3.71. The second kappa shape index (κ2) is 6.00. The summed E-state index contributed by atoms with van der Waals surface area (Å²) in [5.41, 5.74) is -0.0931. The molecule has 2 aromatic rings. The lowest BCUT2D eigenvalue weighted by Crippen LogP contribution is -2.38. The first-order valence-electron chi connectivity index (χ1n) is 7.09. The number of nitrogens with one attached hydrogen (secondary N) is 3. The van der Waals surface area contributed by atoms with Gasteiger partial charge in [0.15, 0.2) is 0 Å². The van der Waals surface area contributed by atoms with Gasteiger partial charge in [0.1, 0.15) is 11.6 Å². The Labute approximate surface area is 125 Å². The van der Waals surface area contributed by atoms with Crippen LogP contribution in [0, 0.1) is 5.82 Å². The number of hydrogen-bond donors (Lipinski definition) is 3. The number of carbonyl (C=O) groups is 1. The van der Waals surface area contributed by atoms with Gasteiger partial charge in [0, 0.05) is 19.0 Å². The van der Waals surface area contributed by atoms with Crippen molar-refractivity contribution in [2.24, 2.45) is 0 Å². The summed E-state index contributed by atoms with van der Waals surface area (Å²) >= 11 is 0. The molecule has 0 aliphatic carbocycles. The number of rotatable bonds is 2. The van der Waals surface area contributed by atoms with E-state index in [1.165, 1.54) is 12.1 Å². The number of hydrogen-bond acceptors (Lipinski definition) is 3. The van der Waals surface area contributed by atoms with E-state index in [4.69, 9.17) is 0 Å². The molecule has 3 rings (SSSR count). The molecule has 22 heavy (non-hydrogen) atoms. The molecule has 1 aliphatic heterocycles. The van der Waals surface area contributed by atoms with Gasteiger partial charge in [-0.15, -0.1) is 0 Å². The minimum atomic E-state index is -0.481. The van der Waals surface area contributed by atoms with Gasteiger partial charge in [-0.25, -0.2) is 19.1 Å². The fourth-order valence-electron chi connectivity index (χ4n) is 2.56. The Morgan fingerprint density at radius 2 is 2.18 bits per heavy atom. The van der Waals surface area contributed by atoms with Crippen LogP contribution in [0.15, 0.2) is 29.1 Å². The minimum Gasteiger partial charge on any atom is -0.335 e. The van der Waals surface area contributed by atoms with E-state index in [9.17, 15) is 14.0 Å². The average Bonchev–Trinajstić information content (AvgIpc) is 2.72. The quantitative estimate of drug-likeness (QED) is 0.779. The Bertz CT molecular complexity index is 739. The summed E-state index contributed by atoms with van der Waals surface area (Å²) in [5, 5.41) is 11.7. The number of aromatic nitrogens is 3. The number of H-pyrrole nitrogens is 1. The second-order valence-corrected chi connectivity index (χ2v) is 5.20. The molecule has 2 heterocycles. The van der Waals surface area contributed by atoms with E-state index >= 15 is 0 Å². The number of amides is 2. The van der Waals surface area contributed by atoms with Crippen LogP contribution in [-0.4, -0.2) is 26.8 Å². The number of fused-ring (bicyclic) bond motifs is 1. The Hall–Kier alpha value is -2.64. The number of anilines is 1. The van der Waals surface area contributed by atoms with Crippen molar-refractivity contribution in [3.05, 3.63) is 46.4 Å². The van der Waals surface area contributed by atoms with Gasteiger partial charge < -0.3 is 10.6 Å². The lowest BCUT2D eigenvalue weighted by molar-refractivity contribution is 0.246. The highest BCUT2D eigenvalue weighted by Crippen LogP contribution is 2.14. The minimum absolute atomic E-state index is 0.0899. The van der Waals surface area contributed by atoms with Crippen LogP contribution in [0.2, 0.25) is 0 Å². The molecule has 116 valence electrons. The molecule has 1 aliphatic rings. The van der Waals surface area contributed by atoms with Gasteiger partial charge >= 0.3 is 11.7 Å². The number of aryl methyl sites for hydroxylation is 1. The van der Waals surface area contributed by atoms with Gasteiger partial charge in [0.2, 0.25) is 0 Å². The van der Waals surface area contributed by atoms with Crippen molar-refractivity contribution >= 4 is 11.7 Å². The van der Waals surface area contributed by atoms with Crippen LogP contribution in [0.3, 0.4) is 0 Å². The Morgan fingerprint density at radius 3 is 3.00 bits per heavy atom. The molecule has 1 unspecified atom stereocenters. The molecule has 0 saturated carbocycles. The molecule has 1 atom stereocenters. The van der Waals surface area contributed by atoms with E-state index in [0.717, 1.165) is 0 Å². The number of para-hydroxylation sites is 1. The van der Waals surface area contributed by atoms with E-state index in [1.54, 1.807) is 16.7 Å². The SMILES string of the molecule is O=C(Nc1ccccc1F)NC1CCc2n[nH]c(=O)n2CC1. The van der Waals surface area contributed by atoms with Crippen LogP contribution in [0.4, 0.5) is 14.9 Å². The Balaban J connectivity index is 1.59. The first-order valence-corrected chi connectivity index (χ1v) is 7.09. The normalized spacial score (nSPS) is 17.4. The highest BCUT2D eigenvalue weighted by Gasteiger charge is 2.20. The van der Waals surface area contributed by atoms with Gasteiger partial charge in [-0.3, -0.25) is 4.57 Å². The van der Waals surface area contributed by atoms with Crippen molar-refractivity contribution in [3.63, 3.8) is 0 Å². The van der Waals surface area contributed by atoms with E-state index in [-0.39, 0.29) is 17.4 Å². The fraction of sp³-hybridized carbons (Fsp3) is 0.357. The predicted molar refractivity (Wildman–Crippen MR) is 78.1 cm³/mol. The molecule has 2 amide bonds. The summed E-state index contributed by atoms with van der Waals surface area (Å²) in [4.78, 5) is 23.5. The standard InChI is InChI=1S/C14H16FN5O2/c15-10-3-1-2-4-11(10)17-13(21)16-9-5-6-12-18-19-14(22)20(12)8-7-9/h1-4,9H,5-8H2,(H,19,22)(H2,16,17,21). The third-order valence-corrected chi connectivity index (χ3v) is 3.71. The second-order valence-electron chi connectivity index (χ2n) is 5.20. The summed E-state index contributed by atoms with van der Waals surface area (Å²) in [5.74, 6) is 0.217. The number of halogens is 1. The summed E-state index contributed by atoms with van der Waals surface area (Å²) in [6, 6.07) is 5.44. The molecule has 0 radical (unpaired) electrons. The molecule has 1 aromatic carbocycles. The van der Waals surface area contributed by atoms with Gasteiger partial charge in [0.25, 0.3) is 0 Å². The van der Waals surface area contributed by atoms with E-state index < -0.39 is 11.8 Å². The fourth-order valence-corrected chi connectivity index (χ4v) is 2.56. The van der Waals surface area contributed by atoms with Crippen LogP contribution >= 0.6 is 0 Å². The van der Waals surface area contributed by atoms with Crippen molar-refractivity contribution in [2.75, 3.05) is 5.32 Å². The molecule has 3 N–H and O–H groups in total. The third kappa shape index (κ3) is 3.00. The van der Waals surface area contributed by atoms with Gasteiger partial charge in [-0.05, 0) is 25.0 Å². The maximum absolute atomic E-state index is 13.5. The summed E-state index contributed by atoms with van der Waals surface area (Å²) < 4.78 is 15.1. The monoisotopic (exact) mass is 305 g/mol. The van der Waals surface area contributed by atoms with Crippen LogP contribution < -0.4 is 16.3 Å². The summed E-state index contributed by atoms with van der Waals surface area (Å²) in [6.45, 7) is 0.495. The molecule has 0 fully saturated rings. The first kappa shape index (κ1) is 14.3. The summed E-state index contributed by atoms with van der Waals surface area (Å²) in [7, 11) is 0. The lowest BCUT2D eigenvalue weighted by Gasteiger charge is -2.16. The number of carbonyl (C=O) groups excluding carboxylic acids is 1. The molecular weight excluding hydrogens is 289 g/mol. The highest BCUT2D eigenvalue weighted by molar-refractivity contribution is 5.89. The highest BCUT2D eigenvalue weighted by atomic mass is 19.1. The van der Waals surface area contributed by atoms with E-state index in [1.807, 2.05) is 0 Å². The molecule has 0 bridgehead atoms. The van der Waals surface area contributed by atoms with Crippen LogP contribution in [0.5, 0.6) is 0 Å². The van der Waals surface area contributed by atoms with Crippen LogP contribution in [0.1, 0.15) is 18.7 Å².